The van der Waals surface area contributed by atoms with Crippen LogP contribution in [-0.4, -0.2) is 42.5 Å². The maximum absolute atomic E-state index is 4.62. The average molecular weight is 377 g/mol. The van der Waals surface area contributed by atoms with Gasteiger partial charge in [0.15, 0.2) is 0 Å². The first-order chi connectivity index (χ1) is 13.9. The summed E-state index contributed by atoms with van der Waals surface area (Å²) in [5, 5.41) is 13.4. The highest BCUT2D eigenvalue weighted by molar-refractivity contribution is 5.33. The molecule has 0 radical (unpaired) electrons. The number of nitrogens with zero attached hydrogens (tertiary/aromatic N) is 6. The van der Waals surface area contributed by atoms with Crippen LogP contribution in [0.3, 0.4) is 0 Å². The van der Waals surface area contributed by atoms with Crippen molar-refractivity contribution in [3.8, 4) is 5.69 Å². The fourth-order valence-electron chi connectivity index (χ4n) is 4.65. The summed E-state index contributed by atoms with van der Waals surface area (Å²) in [6, 6.07) is 10.7. The van der Waals surface area contributed by atoms with E-state index in [0.29, 0.717) is 5.92 Å². The molecule has 1 aromatic carbocycles. The van der Waals surface area contributed by atoms with Crippen molar-refractivity contribution >= 4 is 0 Å². The van der Waals surface area contributed by atoms with Crippen LogP contribution < -0.4 is 0 Å². The predicted molar refractivity (Wildman–Crippen MR) is 108 cm³/mol. The van der Waals surface area contributed by atoms with Crippen LogP contribution in [0.5, 0.6) is 0 Å². The molecule has 1 fully saturated rings. The number of benzene rings is 1. The normalized spacial score (nSPS) is 20.6. The van der Waals surface area contributed by atoms with E-state index in [1.54, 1.807) is 0 Å². The minimum atomic E-state index is 0.511. The Labute approximate surface area is 166 Å². The van der Waals surface area contributed by atoms with E-state index < -0.39 is 0 Å². The van der Waals surface area contributed by atoms with Crippen LogP contribution in [0.1, 0.15) is 55.2 Å². The molecule has 2 aromatic heterocycles. The Kier molecular flexibility index (Phi) is 4.95. The van der Waals surface area contributed by atoms with Gasteiger partial charge in [-0.3, -0.25) is 4.90 Å². The monoisotopic (exact) mass is 376 g/mol. The Morgan fingerprint density at radius 3 is 2.75 bits per heavy atom. The molecule has 0 spiro atoms. The number of rotatable bonds is 4. The van der Waals surface area contributed by atoms with Crippen LogP contribution in [0.15, 0.2) is 42.7 Å². The number of likely N-dealkylation sites (tertiary alicyclic amines) is 1. The lowest BCUT2D eigenvalue weighted by Crippen LogP contribution is -2.35. The predicted octanol–water partition coefficient (Wildman–Crippen LogP) is 3.57. The molecule has 0 amide bonds. The van der Waals surface area contributed by atoms with Crippen LogP contribution in [0.4, 0.5) is 0 Å². The molecule has 0 unspecified atom stereocenters. The molecule has 28 heavy (non-hydrogen) atoms. The van der Waals surface area contributed by atoms with Gasteiger partial charge < -0.3 is 4.57 Å². The van der Waals surface area contributed by atoms with Crippen molar-refractivity contribution in [2.45, 2.75) is 57.5 Å². The summed E-state index contributed by atoms with van der Waals surface area (Å²) < 4.78 is 4.33. The summed E-state index contributed by atoms with van der Waals surface area (Å²) in [7, 11) is 0. The van der Waals surface area contributed by atoms with Gasteiger partial charge in [-0.1, -0.05) is 18.6 Å². The van der Waals surface area contributed by atoms with Crippen LogP contribution in [-0.2, 0) is 19.5 Å². The van der Waals surface area contributed by atoms with Gasteiger partial charge in [-0.2, -0.15) is 5.10 Å². The summed E-state index contributed by atoms with van der Waals surface area (Å²) in [6.07, 6.45) is 11.2. The topological polar surface area (TPSA) is 51.8 Å². The summed E-state index contributed by atoms with van der Waals surface area (Å²) >= 11 is 0. The third-order valence-electron chi connectivity index (χ3n) is 6.12. The second-order valence-electron chi connectivity index (χ2n) is 8.13. The van der Waals surface area contributed by atoms with E-state index in [4.69, 9.17) is 0 Å². The van der Waals surface area contributed by atoms with E-state index in [1.165, 1.54) is 55.9 Å². The van der Waals surface area contributed by atoms with Crippen molar-refractivity contribution in [3.05, 3.63) is 59.9 Å². The van der Waals surface area contributed by atoms with Crippen LogP contribution in [0.2, 0.25) is 0 Å². The SMILES string of the molecule is c1cnn(-c2ccc(CN3CCC[C@@H](c4nnc5n4CCCCC5)C3)cc2)c1. The van der Waals surface area contributed by atoms with Crippen molar-refractivity contribution < 1.29 is 0 Å². The molecule has 4 heterocycles. The third-order valence-corrected chi connectivity index (χ3v) is 6.12. The molecule has 1 atom stereocenters. The molecule has 3 aromatic rings. The Morgan fingerprint density at radius 1 is 0.964 bits per heavy atom. The van der Waals surface area contributed by atoms with E-state index in [9.17, 15) is 0 Å². The van der Waals surface area contributed by atoms with E-state index in [1.807, 2.05) is 23.1 Å². The van der Waals surface area contributed by atoms with Crippen molar-refractivity contribution in [3.63, 3.8) is 0 Å². The molecule has 6 nitrogen and oxygen atoms in total. The highest BCUT2D eigenvalue weighted by Gasteiger charge is 2.27. The van der Waals surface area contributed by atoms with Gasteiger partial charge in [0.2, 0.25) is 0 Å². The summed E-state index contributed by atoms with van der Waals surface area (Å²) in [4.78, 5) is 2.58. The lowest BCUT2D eigenvalue weighted by molar-refractivity contribution is 0.194. The number of fused-ring (bicyclic) bond motifs is 1. The Balaban J connectivity index is 1.27. The molecule has 5 rings (SSSR count). The number of piperidine rings is 1. The smallest absolute Gasteiger partial charge is 0.137 e. The first-order valence-corrected chi connectivity index (χ1v) is 10.6. The first-order valence-electron chi connectivity index (χ1n) is 10.6. The Hall–Kier alpha value is -2.47. The molecule has 0 N–H and O–H groups in total. The van der Waals surface area contributed by atoms with Gasteiger partial charge in [-0.05, 0) is 56.0 Å². The second-order valence-corrected chi connectivity index (χ2v) is 8.13. The summed E-state index contributed by atoms with van der Waals surface area (Å²) in [5.74, 6) is 2.95. The summed E-state index contributed by atoms with van der Waals surface area (Å²) in [6.45, 7) is 4.34. The van der Waals surface area contributed by atoms with Gasteiger partial charge >= 0.3 is 0 Å². The van der Waals surface area contributed by atoms with E-state index >= 15 is 0 Å². The van der Waals surface area contributed by atoms with E-state index in [0.717, 1.165) is 31.7 Å². The average Bonchev–Trinajstić information content (AvgIpc) is 3.35. The quantitative estimate of drug-likeness (QED) is 0.698. The highest BCUT2D eigenvalue weighted by Crippen LogP contribution is 2.28. The molecule has 2 aliphatic heterocycles. The molecule has 0 aliphatic carbocycles. The molecule has 0 bridgehead atoms. The van der Waals surface area contributed by atoms with Gasteiger partial charge in [0.05, 0.1) is 5.69 Å². The first kappa shape index (κ1) is 17.6. The molecule has 1 saturated heterocycles. The second kappa shape index (κ2) is 7.87. The van der Waals surface area contributed by atoms with E-state index in [-0.39, 0.29) is 0 Å². The fraction of sp³-hybridized carbons (Fsp3) is 0.500. The van der Waals surface area contributed by atoms with Gasteiger partial charge in [-0.15, -0.1) is 10.2 Å². The molecular formula is C22H28N6. The van der Waals surface area contributed by atoms with Crippen molar-refractivity contribution in [2.75, 3.05) is 13.1 Å². The molecule has 0 saturated carbocycles. The zero-order valence-corrected chi connectivity index (χ0v) is 16.4. The molecule has 6 heteroatoms. The molecular weight excluding hydrogens is 348 g/mol. The third kappa shape index (κ3) is 3.61. The van der Waals surface area contributed by atoms with Crippen LogP contribution in [0, 0.1) is 0 Å². The number of aryl methyl sites for hydroxylation is 1. The standard InChI is InChI=1S/C22H28N6/c1-2-7-21-24-25-22(27(21)14-3-1)19-6-4-13-26(17-19)16-18-8-10-20(11-9-18)28-15-5-12-23-28/h5,8-12,15,19H,1-4,6-7,13-14,16-17H2/t19-/m1/s1. The zero-order valence-electron chi connectivity index (χ0n) is 16.4. The van der Waals surface area contributed by atoms with Crippen molar-refractivity contribution in [1.29, 1.82) is 0 Å². The highest BCUT2D eigenvalue weighted by atomic mass is 15.3. The number of hydrogen-bond donors (Lipinski definition) is 0. The molecule has 146 valence electrons. The Bertz CT molecular complexity index is 896. The Morgan fingerprint density at radius 2 is 1.89 bits per heavy atom. The van der Waals surface area contributed by atoms with E-state index in [2.05, 4.69) is 49.0 Å². The lowest BCUT2D eigenvalue weighted by atomic mass is 9.96. The van der Waals surface area contributed by atoms with Crippen molar-refractivity contribution in [2.24, 2.45) is 0 Å². The van der Waals surface area contributed by atoms with Gasteiger partial charge in [0.1, 0.15) is 11.6 Å². The maximum Gasteiger partial charge on any atom is 0.137 e. The number of hydrogen-bond acceptors (Lipinski definition) is 4. The van der Waals surface area contributed by atoms with Crippen molar-refractivity contribution in [1.82, 2.24) is 29.4 Å². The number of aromatic nitrogens is 5. The van der Waals surface area contributed by atoms with Gasteiger partial charge in [0, 0.05) is 44.4 Å². The summed E-state index contributed by atoms with van der Waals surface area (Å²) in [5.41, 5.74) is 2.47. The minimum absolute atomic E-state index is 0.511. The largest absolute Gasteiger partial charge is 0.315 e. The van der Waals surface area contributed by atoms with Crippen LogP contribution in [0.25, 0.3) is 5.69 Å². The lowest BCUT2D eigenvalue weighted by Gasteiger charge is -2.32. The zero-order chi connectivity index (χ0) is 18.8. The maximum atomic E-state index is 4.62. The van der Waals surface area contributed by atoms with Crippen LogP contribution >= 0.6 is 0 Å². The minimum Gasteiger partial charge on any atom is -0.315 e. The molecule has 2 aliphatic rings. The van der Waals surface area contributed by atoms with Gasteiger partial charge in [0.25, 0.3) is 0 Å². The fourth-order valence-corrected chi connectivity index (χ4v) is 4.65. The van der Waals surface area contributed by atoms with Gasteiger partial charge in [-0.25, -0.2) is 4.68 Å².